The van der Waals surface area contributed by atoms with E-state index in [0.717, 1.165) is 18.4 Å². The van der Waals surface area contributed by atoms with Crippen molar-refractivity contribution in [3.05, 3.63) is 23.9 Å². The molecule has 2 bridgehead atoms. The van der Waals surface area contributed by atoms with E-state index < -0.39 is 11.2 Å². The molecule has 1 N–H and O–H groups in total. The number of carbonyl (C=O) groups is 1. The number of fused-ring (bicyclic) bond motifs is 2. The lowest BCUT2D eigenvalue weighted by atomic mass is 9.81. The highest BCUT2D eigenvalue weighted by Crippen LogP contribution is 2.46. The van der Waals surface area contributed by atoms with Crippen LogP contribution >= 0.6 is 0 Å². The molecule has 132 valence electrons. The molecule has 0 radical (unpaired) electrons. The van der Waals surface area contributed by atoms with Crippen molar-refractivity contribution in [3.8, 4) is 5.88 Å². The Hall–Kier alpha value is -1.82. The second-order valence-electron chi connectivity index (χ2n) is 7.80. The molecule has 0 aliphatic carbocycles. The number of ether oxygens (including phenoxy) is 2. The average molecular weight is 334 g/mol. The monoisotopic (exact) mass is 334 g/mol. The van der Waals surface area contributed by atoms with Gasteiger partial charge < -0.3 is 19.5 Å². The molecule has 0 spiro atoms. The topological polar surface area (TPSA) is 71.9 Å². The number of methoxy groups -OCH3 is 1. The molecule has 2 fully saturated rings. The van der Waals surface area contributed by atoms with Crippen LogP contribution in [0.1, 0.15) is 52.0 Å². The molecule has 2 atom stereocenters. The summed E-state index contributed by atoms with van der Waals surface area (Å²) in [5, 5.41) is 11.2. The lowest BCUT2D eigenvalue weighted by Gasteiger charge is -2.44. The first kappa shape index (κ1) is 17.0. The number of pyridine rings is 1. The summed E-state index contributed by atoms with van der Waals surface area (Å²) in [6, 6.07) is 3.61. The maximum atomic E-state index is 12.5. The number of rotatable bonds is 2. The smallest absolute Gasteiger partial charge is 0.410 e. The molecule has 1 aromatic heterocycles. The van der Waals surface area contributed by atoms with Crippen molar-refractivity contribution in [2.24, 2.45) is 0 Å². The molecular formula is C18H26N2O4. The largest absolute Gasteiger partial charge is 0.481 e. The van der Waals surface area contributed by atoms with Gasteiger partial charge in [-0.2, -0.15) is 0 Å². The summed E-state index contributed by atoms with van der Waals surface area (Å²) in [5.41, 5.74) is -0.668. The molecular weight excluding hydrogens is 308 g/mol. The maximum Gasteiger partial charge on any atom is 0.410 e. The van der Waals surface area contributed by atoms with Crippen LogP contribution in [0.4, 0.5) is 4.79 Å². The molecule has 24 heavy (non-hydrogen) atoms. The zero-order valence-electron chi connectivity index (χ0n) is 14.8. The normalized spacial score (nSPS) is 29.5. The Morgan fingerprint density at radius 2 is 1.96 bits per heavy atom. The molecule has 2 unspecified atom stereocenters. The first-order chi connectivity index (χ1) is 11.2. The molecule has 0 aromatic carbocycles. The highest BCUT2D eigenvalue weighted by Gasteiger charge is 2.51. The van der Waals surface area contributed by atoms with Gasteiger partial charge in [0.05, 0.1) is 12.7 Å². The lowest BCUT2D eigenvalue weighted by molar-refractivity contribution is -0.0625. The highest BCUT2D eigenvalue weighted by atomic mass is 16.6. The zero-order valence-corrected chi connectivity index (χ0v) is 14.8. The summed E-state index contributed by atoms with van der Waals surface area (Å²) in [6.07, 6.45) is 4.19. The van der Waals surface area contributed by atoms with Crippen LogP contribution in [0.25, 0.3) is 0 Å². The number of aromatic nitrogens is 1. The Morgan fingerprint density at radius 1 is 1.33 bits per heavy atom. The van der Waals surface area contributed by atoms with Crippen molar-refractivity contribution >= 4 is 6.09 Å². The summed E-state index contributed by atoms with van der Waals surface area (Å²) in [5.74, 6) is 0.489. The lowest BCUT2D eigenvalue weighted by Crippen LogP contribution is -2.53. The number of hydrogen-bond acceptors (Lipinski definition) is 5. The maximum absolute atomic E-state index is 12.5. The zero-order chi connectivity index (χ0) is 17.5. The summed E-state index contributed by atoms with van der Waals surface area (Å²) in [4.78, 5) is 18.4. The predicted molar refractivity (Wildman–Crippen MR) is 88.8 cm³/mol. The average Bonchev–Trinajstić information content (AvgIpc) is 2.78. The van der Waals surface area contributed by atoms with Crippen molar-refractivity contribution in [1.82, 2.24) is 9.88 Å². The minimum Gasteiger partial charge on any atom is -0.481 e. The molecule has 2 aliphatic rings. The molecule has 1 amide bonds. The van der Waals surface area contributed by atoms with Gasteiger partial charge >= 0.3 is 6.09 Å². The number of nitrogens with zero attached hydrogens (tertiary/aromatic N) is 2. The van der Waals surface area contributed by atoms with Crippen LogP contribution in [0, 0.1) is 0 Å². The van der Waals surface area contributed by atoms with Crippen LogP contribution in [-0.2, 0) is 10.3 Å². The van der Waals surface area contributed by atoms with E-state index in [-0.39, 0.29) is 18.2 Å². The Labute approximate surface area is 142 Å². The van der Waals surface area contributed by atoms with Crippen molar-refractivity contribution < 1.29 is 19.4 Å². The minimum atomic E-state index is -0.958. The van der Waals surface area contributed by atoms with E-state index in [4.69, 9.17) is 9.47 Å². The predicted octanol–water partition coefficient (Wildman–Crippen LogP) is 2.84. The van der Waals surface area contributed by atoms with Crippen LogP contribution in [-0.4, -0.2) is 45.9 Å². The fraction of sp³-hybridized carbons (Fsp3) is 0.667. The van der Waals surface area contributed by atoms with E-state index >= 15 is 0 Å². The first-order valence-corrected chi connectivity index (χ1v) is 8.46. The van der Waals surface area contributed by atoms with Gasteiger partial charge in [-0.3, -0.25) is 0 Å². The summed E-state index contributed by atoms with van der Waals surface area (Å²) in [6.45, 7) is 5.61. The van der Waals surface area contributed by atoms with E-state index in [2.05, 4.69) is 4.98 Å². The first-order valence-electron chi connectivity index (χ1n) is 8.46. The van der Waals surface area contributed by atoms with E-state index in [1.165, 1.54) is 0 Å². The SMILES string of the molecule is COc1cc(C2(O)CC3CCC(C2)N3C(=O)OC(C)(C)C)ccn1. The number of amides is 1. The minimum absolute atomic E-state index is 0.00256. The molecule has 6 nitrogen and oxygen atoms in total. The highest BCUT2D eigenvalue weighted by molar-refractivity contribution is 5.69. The summed E-state index contributed by atoms with van der Waals surface area (Å²) >= 11 is 0. The Bertz CT molecular complexity index is 612. The van der Waals surface area contributed by atoms with Gasteiger partial charge in [-0.1, -0.05) is 0 Å². The van der Waals surface area contributed by atoms with Crippen molar-refractivity contribution in [2.75, 3.05) is 7.11 Å². The number of carbonyl (C=O) groups excluding carboxylic acids is 1. The second kappa shape index (κ2) is 5.92. The molecule has 2 aliphatic heterocycles. The third-order valence-corrected chi connectivity index (χ3v) is 4.85. The van der Waals surface area contributed by atoms with Crippen LogP contribution in [0.3, 0.4) is 0 Å². The van der Waals surface area contributed by atoms with Crippen molar-refractivity contribution in [1.29, 1.82) is 0 Å². The van der Waals surface area contributed by atoms with Gasteiger partial charge in [-0.15, -0.1) is 0 Å². The fourth-order valence-electron chi connectivity index (χ4n) is 3.88. The number of hydrogen-bond donors (Lipinski definition) is 1. The molecule has 1 aromatic rings. The van der Waals surface area contributed by atoms with Gasteiger partial charge in [0, 0.05) is 37.2 Å². The van der Waals surface area contributed by atoms with Crippen LogP contribution < -0.4 is 4.74 Å². The van der Waals surface area contributed by atoms with Gasteiger partial charge in [0.2, 0.25) is 5.88 Å². The van der Waals surface area contributed by atoms with Gasteiger partial charge in [0.1, 0.15) is 5.60 Å². The Balaban J connectivity index is 1.80. The number of piperidine rings is 1. The summed E-state index contributed by atoms with van der Waals surface area (Å²) < 4.78 is 10.7. The number of aliphatic hydroxyl groups is 1. The van der Waals surface area contributed by atoms with Crippen LogP contribution in [0.5, 0.6) is 5.88 Å². The van der Waals surface area contributed by atoms with Gasteiger partial charge in [-0.25, -0.2) is 9.78 Å². The van der Waals surface area contributed by atoms with Crippen molar-refractivity contribution in [3.63, 3.8) is 0 Å². The van der Waals surface area contributed by atoms with E-state index in [1.807, 2.05) is 31.7 Å². The Kier molecular flexibility index (Phi) is 4.20. The second-order valence-corrected chi connectivity index (χ2v) is 7.80. The van der Waals surface area contributed by atoms with Crippen molar-refractivity contribution in [2.45, 2.75) is 69.7 Å². The standard InChI is InChI=1S/C18H26N2O4/c1-17(2,3)24-16(21)20-13-5-6-14(20)11-18(22,10-13)12-7-8-19-15(9-12)23-4/h7-9,13-14,22H,5-6,10-11H2,1-4H3. The van der Waals surface area contributed by atoms with Crippen LogP contribution in [0.15, 0.2) is 18.3 Å². The van der Waals surface area contributed by atoms with E-state index in [0.29, 0.717) is 18.7 Å². The molecule has 0 saturated carbocycles. The van der Waals surface area contributed by atoms with Gasteiger partial charge in [-0.05, 0) is 45.2 Å². The third-order valence-electron chi connectivity index (χ3n) is 4.85. The van der Waals surface area contributed by atoms with E-state index in [1.54, 1.807) is 19.4 Å². The van der Waals surface area contributed by atoms with E-state index in [9.17, 15) is 9.90 Å². The van der Waals surface area contributed by atoms with Gasteiger partial charge in [0.15, 0.2) is 0 Å². The molecule has 3 rings (SSSR count). The summed E-state index contributed by atoms with van der Waals surface area (Å²) in [7, 11) is 1.56. The Morgan fingerprint density at radius 3 is 2.50 bits per heavy atom. The fourth-order valence-corrected chi connectivity index (χ4v) is 3.88. The third kappa shape index (κ3) is 3.20. The molecule has 3 heterocycles. The van der Waals surface area contributed by atoms with Gasteiger partial charge in [0.25, 0.3) is 0 Å². The molecule has 2 saturated heterocycles. The van der Waals surface area contributed by atoms with Crippen LogP contribution in [0.2, 0.25) is 0 Å². The quantitative estimate of drug-likeness (QED) is 0.900. The molecule has 6 heteroatoms.